The molecule has 0 radical (unpaired) electrons. The van der Waals surface area contributed by atoms with Crippen LogP contribution in [-0.2, 0) is 4.74 Å². The molecule has 0 saturated heterocycles. The van der Waals surface area contributed by atoms with Crippen molar-refractivity contribution in [3.05, 3.63) is 76.4 Å². The summed E-state index contributed by atoms with van der Waals surface area (Å²) in [7, 11) is 0. The summed E-state index contributed by atoms with van der Waals surface area (Å²) in [6, 6.07) is 12.5. The van der Waals surface area contributed by atoms with Gasteiger partial charge in [0.2, 0.25) is 0 Å². The van der Waals surface area contributed by atoms with Crippen LogP contribution < -0.4 is 0 Å². The van der Waals surface area contributed by atoms with Crippen LogP contribution in [0.25, 0.3) is 5.57 Å². The summed E-state index contributed by atoms with van der Waals surface area (Å²) in [6.45, 7) is 5.83. The van der Waals surface area contributed by atoms with Crippen LogP contribution in [0.2, 0.25) is 0 Å². The molecular formula is C21H20O4. The lowest BCUT2D eigenvalue weighted by Crippen LogP contribution is -2.12. The molecule has 1 atom stereocenters. The normalized spacial score (nSPS) is 15.7. The molecule has 1 unspecified atom stereocenters. The number of hydrogen-bond donors (Lipinski definition) is 1. The van der Waals surface area contributed by atoms with Crippen LogP contribution in [0, 0.1) is 12.8 Å². The third kappa shape index (κ3) is 3.07. The predicted octanol–water partition coefficient (Wildman–Crippen LogP) is 4.64. The number of aromatic carboxylic acids is 1. The lowest BCUT2D eigenvalue weighted by atomic mass is 9.97. The van der Waals surface area contributed by atoms with Gasteiger partial charge < -0.3 is 9.84 Å². The number of allylic oxidation sites excluding steroid dienone is 1. The molecule has 1 N–H and O–H groups in total. The Hall–Kier alpha value is -2.88. The molecule has 1 aliphatic rings. The van der Waals surface area contributed by atoms with E-state index in [2.05, 4.69) is 13.8 Å². The van der Waals surface area contributed by atoms with Gasteiger partial charge in [0.05, 0.1) is 11.1 Å². The molecule has 0 fully saturated rings. The summed E-state index contributed by atoms with van der Waals surface area (Å²) in [5.74, 6) is -1.25. The highest BCUT2D eigenvalue weighted by Gasteiger charge is 2.28. The Morgan fingerprint density at radius 1 is 1.04 bits per heavy atom. The van der Waals surface area contributed by atoms with Gasteiger partial charge in [-0.2, -0.15) is 0 Å². The van der Waals surface area contributed by atoms with E-state index in [9.17, 15) is 14.7 Å². The van der Waals surface area contributed by atoms with E-state index in [0.717, 1.165) is 16.7 Å². The second kappa shape index (κ2) is 6.55. The van der Waals surface area contributed by atoms with Crippen LogP contribution in [0.3, 0.4) is 0 Å². The van der Waals surface area contributed by atoms with E-state index in [0.29, 0.717) is 11.5 Å². The molecule has 25 heavy (non-hydrogen) atoms. The third-order valence-corrected chi connectivity index (χ3v) is 4.55. The van der Waals surface area contributed by atoms with Crippen LogP contribution in [0.4, 0.5) is 0 Å². The average Bonchev–Trinajstić information content (AvgIpc) is 2.94. The molecule has 4 heteroatoms. The van der Waals surface area contributed by atoms with Crippen molar-refractivity contribution < 1.29 is 19.4 Å². The smallest absolute Gasteiger partial charge is 0.339 e. The third-order valence-electron chi connectivity index (χ3n) is 4.55. The van der Waals surface area contributed by atoms with Crippen LogP contribution >= 0.6 is 0 Å². The highest BCUT2D eigenvalue weighted by Crippen LogP contribution is 2.40. The van der Waals surface area contributed by atoms with Crippen molar-refractivity contribution in [1.29, 1.82) is 0 Å². The Balaban J connectivity index is 1.92. The highest BCUT2D eigenvalue weighted by atomic mass is 16.5. The Bertz CT molecular complexity index is 877. The van der Waals surface area contributed by atoms with Crippen molar-refractivity contribution in [3.63, 3.8) is 0 Å². The lowest BCUT2D eigenvalue weighted by Gasteiger charge is -2.14. The van der Waals surface area contributed by atoms with E-state index in [1.54, 1.807) is 19.1 Å². The predicted molar refractivity (Wildman–Crippen MR) is 95.6 cm³/mol. The average molecular weight is 336 g/mol. The van der Waals surface area contributed by atoms with Crippen molar-refractivity contribution in [2.45, 2.75) is 26.9 Å². The molecule has 0 spiro atoms. The van der Waals surface area contributed by atoms with E-state index in [4.69, 9.17) is 4.74 Å². The Morgan fingerprint density at radius 2 is 1.72 bits per heavy atom. The van der Waals surface area contributed by atoms with Crippen molar-refractivity contribution >= 4 is 17.5 Å². The zero-order valence-electron chi connectivity index (χ0n) is 14.4. The zero-order valence-corrected chi connectivity index (χ0v) is 14.4. The molecule has 0 amide bonds. The lowest BCUT2D eigenvalue weighted by molar-refractivity contribution is 0.0395. The van der Waals surface area contributed by atoms with Gasteiger partial charge in [-0.1, -0.05) is 44.2 Å². The van der Waals surface area contributed by atoms with Crippen molar-refractivity contribution in [2.75, 3.05) is 0 Å². The van der Waals surface area contributed by atoms with Crippen molar-refractivity contribution in [3.8, 4) is 0 Å². The number of carbonyl (C=O) groups excluding carboxylic acids is 1. The van der Waals surface area contributed by atoms with Gasteiger partial charge in [0.15, 0.2) is 0 Å². The molecule has 0 heterocycles. The first kappa shape index (κ1) is 17.0. The van der Waals surface area contributed by atoms with Gasteiger partial charge in [0.1, 0.15) is 6.10 Å². The van der Waals surface area contributed by atoms with E-state index in [1.165, 1.54) is 6.07 Å². The highest BCUT2D eigenvalue weighted by molar-refractivity contribution is 5.97. The fourth-order valence-electron chi connectivity index (χ4n) is 3.22. The number of benzene rings is 2. The first-order valence-electron chi connectivity index (χ1n) is 8.25. The van der Waals surface area contributed by atoms with Gasteiger partial charge in [-0.15, -0.1) is 0 Å². The fourth-order valence-corrected chi connectivity index (χ4v) is 3.22. The maximum atomic E-state index is 12.6. The van der Waals surface area contributed by atoms with Crippen LogP contribution in [-0.4, -0.2) is 17.0 Å². The van der Waals surface area contributed by atoms with E-state index >= 15 is 0 Å². The van der Waals surface area contributed by atoms with E-state index < -0.39 is 18.0 Å². The maximum Gasteiger partial charge on any atom is 0.339 e. The topological polar surface area (TPSA) is 63.6 Å². The monoisotopic (exact) mass is 336 g/mol. The summed E-state index contributed by atoms with van der Waals surface area (Å²) in [6.07, 6.45) is 1.53. The Labute approximate surface area is 146 Å². The molecule has 2 aromatic carbocycles. The minimum Gasteiger partial charge on any atom is -0.478 e. The molecule has 0 aliphatic heterocycles. The number of fused-ring (bicyclic) bond motifs is 1. The van der Waals surface area contributed by atoms with Crippen LogP contribution in [0.5, 0.6) is 0 Å². The van der Waals surface area contributed by atoms with Gasteiger partial charge in [-0.3, -0.25) is 0 Å². The second-order valence-corrected chi connectivity index (χ2v) is 6.47. The number of carboxylic acid groups (broad SMARTS) is 1. The van der Waals surface area contributed by atoms with Gasteiger partial charge in [-0.05, 0) is 47.8 Å². The second-order valence-electron chi connectivity index (χ2n) is 6.47. The SMILES string of the molecule is Cc1c(C(=O)O)cccc1C(=O)OC1C=C(C(C)C)c2ccccc21. The number of ether oxygens (including phenoxy) is 1. The fraction of sp³-hybridized carbons (Fsp3) is 0.238. The molecule has 0 aromatic heterocycles. The number of esters is 1. The minimum absolute atomic E-state index is 0.111. The first-order chi connectivity index (χ1) is 11.9. The summed E-state index contributed by atoms with van der Waals surface area (Å²) in [4.78, 5) is 23.9. The summed E-state index contributed by atoms with van der Waals surface area (Å²) < 4.78 is 5.71. The summed E-state index contributed by atoms with van der Waals surface area (Å²) in [5.41, 5.74) is 4.03. The number of rotatable bonds is 4. The molecule has 1 aliphatic carbocycles. The quantitative estimate of drug-likeness (QED) is 0.826. The van der Waals surface area contributed by atoms with Crippen molar-refractivity contribution in [2.24, 2.45) is 5.92 Å². The number of hydrogen-bond acceptors (Lipinski definition) is 3. The van der Waals surface area contributed by atoms with Gasteiger partial charge in [0.25, 0.3) is 0 Å². The molecule has 2 aromatic rings. The van der Waals surface area contributed by atoms with E-state index in [1.807, 2.05) is 30.3 Å². The summed E-state index contributed by atoms with van der Waals surface area (Å²) >= 11 is 0. The molecular weight excluding hydrogens is 316 g/mol. The zero-order chi connectivity index (χ0) is 18.1. The molecule has 128 valence electrons. The standard InChI is InChI=1S/C21H20O4/c1-12(2)18-11-19(17-8-5-4-7-16(17)18)25-21(24)15-10-6-9-14(13(15)3)20(22)23/h4-12,19H,1-3H3,(H,22,23). The molecule has 0 bridgehead atoms. The number of carbonyl (C=O) groups is 2. The van der Waals surface area contributed by atoms with Crippen LogP contribution in [0.1, 0.15) is 57.4 Å². The Morgan fingerprint density at radius 3 is 2.40 bits per heavy atom. The minimum atomic E-state index is -1.06. The molecule has 3 rings (SSSR count). The van der Waals surface area contributed by atoms with E-state index in [-0.39, 0.29) is 11.1 Å². The van der Waals surface area contributed by atoms with Crippen molar-refractivity contribution in [1.82, 2.24) is 0 Å². The number of carboxylic acids is 1. The molecule has 4 nitrogen and oxygen atoms in total. The maximum absolute atomic E-state index is 12.6. The van der Waals surface area contributed by atoms with Crippen LogP contribution in [0.15, 0.2) is 48.5 Å². The van der Waals surface area contributed by atoms with Gasteiger partial charge >= 0.3 is 11.9 Å². The first-order valence-corrected chi connectivity index (χ1v) is 8.25. The molecule has 0 saturated carbocycles. The summed E-state index contributed by atoms with van der Waals surface area (Å²) in [5, 5.41) is 9.22. The largest absolute Gasteiger partial charge is 0.478 e. The van der Waals surface area contributed by atoms with Gasteiger partial charge in [0, 0.05) is 5.56 Å². The Kier molecular flexibility index (Phi) is 4.45. The van der Waals surface area contributed by atoms with Gasteiger partial charge in [-0.25, -0.2) is 9.59 Å².